The lowest BCUT2D eigenvalue weighted by molar-refractivity contribution is 0.102. The summed E-state index contributed by atoms with van der Waals surface area (Å²) >= 11 is 0. The predicted octanol–water partition coefficient (Wildman–Crippen LogP) is 4.12. The molecule has 6 heteroatoms. The number of anilines is 3. The second-order valence-electron chi connectivity index (χ2n) is 5.79. The van der Waals surface area contributed by atoms with Crippen LogP contribution in [0.15, 0.2) is 66.9 Å². The maximum absolute atomic E-state index is 12.7. The maximum Gasteiger partial charge on any atom is 0.263 e. The number of hydrogen-bond acceptors (Lipinski definition) is 5. The Bertz CT molecular complexity index is 889. The summed E-state index contributed by atoms with van der Waals surface area (Å²) in [7, 11) is 4.97. The van der Waals surface area contributed by atoms with Gasteiger partial charge in [0.05, 0.1) is 26.1 Å². The van der Waals surface area contributed by atoms with Gasteiger partial charge in [-0.25, -0.2) is 4.98 Å². The summed E-state index contributed by atoms with van der Waals surface area (Å²) in [6.45, 7) is 0. The molecule has 2 aromatic carbocycles. The zero-order valence-electron chi connectivity index (χ0n) is 15.5. The zero-order chi connectivity index (χ0) is 19.2. The molecule has 1 heterocycles. The number of pyridine rings is 1. The molecule has 27 heavy (non-hydrogen) atoms. The van der Waals surface area contributed by atoms with Gasteiger partial charge in [0, 0.05) is 12.7 Å². The van der Waals surface area contributed by atoms with E-state index in [9.17, 15) is 4.79 Å². The van der Waals surface area contributed by atoms with E-state index in [4.69, 9.17) is 9.47 Å². The van der Waals surface area contributed by atoms with Gasteiger partial charge in [0.2, 0.25) is 0 Å². The summed E-state index contributed by atoms with van der Waals surface area (Å²) in [6, 6.07) is 18.8. The van der Waals surface area contributed by atoms with E-state index in [1.165, 1.54) is 14.2 Å². The first-order chi connectivity index (χ1) is 13.1. The molecule has 0 spiro atoms. The topological polar surface area (TPSA) is 63.7 Å². The van der Waals surface area contributed by atoms with Crippen LogP contribution >= 0.6 is 0 Å². The van der Waals surface area contributed by atoms with E-state index < -0.39 is 0 Å². The van der Waals surface area contributed by atoms with Gasteiger partial charge < -0.3 is 19.7 Å². The van der Waals surface area contributed by atoms with Crippen LogP contribution in [0.25, 0.3) is 0 Å². The molecule has 0 bridgehead atoms. The van der Waals surface area contributed by atoms with Crippen LogP contribution in [-0.2, 0) is 0 Å². The highest BCUT2D eigenvalue weighted by Gasteiger charge is 2.18. The molecule has 138 valence electrons. The Hall–Kier alpha value is -3.54. The fraction of sp³-hybridized carbons (Fsp3) is 0.143. The Balaban J connectivity index is 1.78. The van der Waals surface area contributed by atoms with E-state index >= 15 is 0 Å². The number of carbonyl (C=O) groups excluding carboxylic acids is 1. The van der Waals surface area contributed by atoms with Crippen LogP contribution in [0, 0.1) is 0 Å². The molecule has 0 saturated heterocycles. The van der Waals surface area contributed by atoms with E-state index in [1.54, 1.807) is 24.4 Å². The maximum atomic E-state index is 12.7. The molecule has 3 aromatic rings. The third kappa shape index (κ3) is 4.00. The molecular weight excluding hydrogens is 342 g/mol. The van der Waals surface area contributed by atoms with Crippen LogP contribution in [-0.4, -0.2) is 32.2 Å². The zero-order valence-corrected chi connectivity index (χ0v) is 15.5. The number of nitrogens with zero attached hydrogens (tertiary/aromatic N) is 2. The quantitative estimate of drug-likeness (QED) is 0.714. The minimum Gasteiger partial charge on any atom is -0.496 e. The van der Waals surface area contributed by atoms with E-state index in [1.807, 2.05) is 54.4 Å². The molecule has 0 unspecified atom stereocenters. The molecule has 6 nitrogen and oxygen atoms in total. The Morgan fingerprint density at radius 1 is 0.926 bits per heavy atom. The number of nitrogens with one attached hydrogen (secondary N) is 1. The Labute approximate surface area is 158 Å². The summed E-state index contributed by atoms with van der Waals surface area (Å²) in [6.07, 6.45) is 1.62. The third-order valence-electron chi connectivity index (χ3n) is 4.15. The number of amides is 1. The number of carbonyl (C=O) groups is 1. The van der Waals surface area contributed by atoms with Crippen molar-refractivity contribution in [1.82, 2.24) is 4.98 Å². The lowest BCUT2D eigenvalue weighted by atomic mass is 10.1. The molecule has 0 atom stereocenters. The van der Waals surface area contributed by atoms with Crippen molar-refractivity contribution in [3.05, 3.63) is 72.4 Å². The smallest absolute Gasteiger partial charge is 0.263 e. The highest BCUT2D eigenvalue weighted by molar-refractivity contribution is 6.08. The molecule has 0 radical (unpaired) electrons. The monoisotopic (exact) mass is 363 g/mol. The first-order valence-electron chi connectivity index (χ1n) is 8.41. The molecule has 1 N–H and O–H groups in total. The molecule has 1 amide bonds. The second kappa shape index (κ2) is 8.23. The van der Waals surface area contributed by atoms with Crippen molar-refractivity contribution in [2.45, 2.75) is 0 Å². The highest BCUT2D eigenvalue weighted by Crippen LogP contribution is 2.29. The normalized spacial score (nSPS) is 10.2. The fourth-order valence-corrected chi connectivity index (χ4v) is 2.71. The van der Waals surface area contributed by atoms with Crippen LogP contribution in [0.4, 0.5) is 17.2 Å². The highest BCUT2D eigenvalue weighted by atomic mass is 16.5. The van der Waals surface area contributed by atoms with Gasteiger partial charge in [-0.3, -0.25) is 4.79 Å². The standard InChI is InChI=1S/C21H21N3O3/c1-24(16-8-5-4-6-9-16)19-13-12-15(14-22-19)23-21(25)20-17(26-2)10-7-11-18(20)27-3/h4-14H,1-3H3,(H,23,25). The average molecular weight is 363 g/mol. The summed E-state index contributed by atoms with van der Waals surface area (Å²) in [4.78, 5) is 19.1. The number of rotatable bonds is 6. The van der Waals surface area contributed by atoms with Crippen LogP contribution in [0.2, 0.25) is 0 Å². The summed E-state index contributed by atoms with van der Waals surface area (Å²) in [5.74, 6) is 1.34. The fourth-order valence-electron chi connectivity index (χ4n) is 2.71. The first-order valence-corrected chi connectivity index (χ1v) is 8.41. The number of aromatic nitrogens is 1. The van der Waals surface area contributed by atoms with E-state index in [0.717, 1.165) is 11.5 Å². The van der Waals surface area contributed by atoms with Gasteiger partial charge >= 0.3 is 0 Å². The Morgan fingerprint density at radius 3 is 2.15 bits per heavy atom. The molecule has 0 fully saturated rings. The van der Waals surface area contributed by atoms with Crippen LogP contribution in [0.3, 0.4) is 0 Å². The van der Waals surface area contributed by atoms with Crippen LogP contribution < -0.4 is 19.7 Å². The van der Waals surface area contributed by atoms with E-state index in [-0.39, 0.29) is 5.91 Å². The van der Waals surface area contributed by atoms with Crippen molar-refractivity contribution in [2.75, 3.05) is 31.5 Å². The largest absolute Gasteiger partial charge is 0.496 e. The molecule has 3 rings (SSSR count). The van der Waals surface area contributed by atoms with Crippen molar-refractivity contribution in [3.8, 4) is 11.5 Å². The lowest BCUT2D eigenvalue weighted by Gasteiger charge is -2.18. The predicted molar refractivity (Wildman–Crippen MR) is 106 cm³/mol. The van der Waals surface area contributed by atoms with Crippen molar-refractivity contribution in [2.24, 2.45) is 0 Å². The van der Waals surface area contributed by atoms with Gasteiger partial charge in [-0.1, -0.05) is 24.3 Å². The van der Waals surface area contributed by atoms with Gasteiger partial charge in [0.1, 0.15) is 22.9 Å². The van der Waals surface area contributed by atoms with Crippen molar-refractivity contribution < 1.29 is 14.3 Å². The van der Waals surface area contributed by atoms with E-state index in [2.05, 4.69) is 10.3 Å². The Kier molecular flexibility index (Phi) is 5.56. The minimum atomic E-state index is -0.324. The van der Waals surface area contributed by atoms with Gasteiger partial charge in [-0.15, -0.1) is 0 Å². The molecule has 0 saturated carbocycles. The minimum absolute atomic E-state index is 0.324. The summed E-state index contributed by atoms with van der Waals surface area (Å²) < 4.78 is 10.6. The second-order valence-corrected chi connectivity index (χ2v) is 5.79. The van der Waals surface area contributed by atoms with E-state index in [0.29, 0.717) is 22.7 Å². The molecule has 0 aliphatic rings. The summed E-state index contributed by atoms with van der Waals surface area (Å²) in [5.41, 5.74) is 1.95. The van der Waals surface area contributed by atoms with Crippen LogP contribution in [0.1, 0.15) is 10.4 Å². The van der Waals surface area contributed by atoms with Gasteiger partial charge in [-0.2, -0.15) is 0 Å². The van der Waals surface area contributed by atoms with Crippen molar-refractivity contribution >= 4 is 23.1 Å². The number of hydrogen-bond donors (Lipinski definition) is 1. The number of ether oxygens (including phenoxy) is 2. The Morgan fingerprint density at radius 2 is 1.59 bits per heavy atom. The average Bonchev–Trinajstić information content (AvgIpc) is 2.73. The number of methoxy groups -OCH3 is 2. The molecular formula is C21H21N3O3. The third-order valence-corrected chi connectivity index (χ3v) is 4.15. The first kappa shape index (κ1) is 18.3. The summed E-state index contributed by atoms with van der Waals surface area (Å²) in [5, 5.41) is 2.83. The van der Waals surface area contributed by atoms with Crippen LogP contribution in [0.5, 0.6) is 11.5 Å². The van der Waals surface area contributed by atoms with Gasteiger partial charge in [0.25, 0.3) is 5.91 Å². The lowest BCUT2D eigenvalue weighted by Crippen LogP contribution is -2.15. The number of para-hydroxylation sites is 1. The molecule has 0 aliphatic heterocycles. The van der Waals surface area contributed by atoms with Crippen molar-refractivity contribution in [3.63, 3.8) is 0 Å². The number of benzene rings is 2. The van der Waals surface area contributed by atoms with Gasteiger partial charge in [0.15, 0.2) is 0 Å². The SMILES string of the molecule is COc1cccc(OC)c1C(=O)Nc1ccc(N(C)c2ccccc2)nc1. The molecule has 0 aliphatic carbocycles. The van der Waals surface area contributed by atoms with Gasteiger partial charge in [-0.05, 0) is 36.4 Å². The van der Waals surface area contributed by atoms with Crippen molar-refractivity contribution in [1.29, 1.82) is 0 Å². The molecule has 1 aromatic heterocycles.